The molecule has 1 N–H and O–H groups in total. The molecule has 1 aliphatic carbocycles. The van der Waals surface area contributed by atoms with Crippen LogP contribution in [0.4, 0.5) is 0 Å². The number of nitrogens with zero attached hydrogens (tertiary/aromatic N) is 1. The van der Waals surface area contributed by atoms with Gasteiger partial charge in [0.2, 0.25) is 0 Å². The highest BCUT2D eigenvalue weighted by molar-refractivity contribution is 7.09. The van der Waals surface area contributed by atoms with Gasteiger partial charge in [0.1, 0.15) is 0 Å². The highest BCUT2D eigenvalue weighted by Gasteiger charge is 2.21. The number of aliphatic hydroxyl groups excluding tert-OH is 1. The molecule has 14 heavy (non-hydrogen) atoms. The summed E-state index contributed by atoms with van der Waals surface area (Å²) in [5.41, 5.74) is 1.72. The molecule has 0 radical (unpaired) electrons. The number of allylic oxidation sites excluding steroid dienone is 3. The summed E-state index contributed by atoms with van der Waals surface area (Å²) in [6.45, 7) is 1.69. The average molecular weight is 207 g/mol. The molecule has 1 aromatic rings. The first kappa shape index (κ1) is 9.30. The summed E-state index contributed by atoms with van der Waals surface area (Å²) in [6.07, 6.45) is 3.36. The Morgan fingerprint density at radius 2 is 2.29 bits per heavy atom. The van der Waals surface area contributed by atoms with Crippen molar-refractivity contribution < 1.29 is 9.90 Å². The predicted octanol–water partition coefficient (Wildman–Crippen LogP) is 1.34. The van der Waals surface area contributed by atoms with E-state index in [4.69, 9.17) is 5.11 Å². The molecule has 2 rings (SSSR count). The third kappa shape index (κ3) is 1.42. The second kappa shape index (κ2) is 3.48. The monoisotopic (exact) mass is 207 g/mol. The Hall–Kier alpha value is -1.26. The van der Waals surface area contributed by atoms with E-state index in [1.54, 1.807) is 12.2 Å². The van der Waals surface area contributed by atoms with Crippen LogP contribution in [0.15, 0.2) is 23.1 Å². The highest BCUT2D eigenvalue weighted by Crippen LogP contribution is 2.25. The van der Waals surface area contributed by atoms with Crippen molar-refractivity contribution in [3.8, 4) is 0 Å². The first-order valence-corrected chi connectivity index (χ1v) is 5.09. The van der Waals surface area contributed by atoms with Crippen LogP contribution in [0, 0.1) is 6.92 Å². The van der Waals surface area contributed by atoms with E-state index in [9.17, 15) is 4.79 Å². The van der Waals surface area contributed by atoms with Gasteiger partial charge < -0.3 is 5.11 Å². The molecular weight excluding hydrogens is 198 g/mol. The lowest BCUT2D eigenvalue weighted by atomic mass is 10.1. The van der Waals surface area contributed by atoms with Crippen LogP contribution in [0.3, 0.4) is 0 Å². The fourth-order valence-corrected chi connectivity index (χ4v) is 1.93. The largest absolute Gasteiger partial charge is 0.392 e. The van der Waals surface area contributed by atoms with Crippen LogP contribution >= 0.6 is 11.3 Å². The Labute approximate surface area is 85.4 Å². The third-order valence-electron chi connectivity index (χ3n) is 2.05. The molecule has 1 aliphatic rings. The van der Waals surface area contributed by atoms with Crippen molar-refractivity contribution in [1.82, 2.24) is 4.98 Å². The van der Waals surface area contributed by atoms with E-state index in [0.717, 1.165) is 5.01 Å². The van der Waals surface area contributed by atoms with Crippen molar-refractivity contribution in [3.63, 3.8) is 0 Å². The number of ketones is 1. The fourth-order valence-electron chi connectivity index (χ4n) is 1.32. The smallest absolute Gasteiger partial charge is 0.193 e. The van der Waals surface area contributed by atoms with Crippen molar-refractivity contribution in [2.24, 2.45) is 0 Å². The second-order valence-electron chi connectivity index (χ2n) is 3.01. The number of rotatable bonds is 2. The van der Waals surface area contributed by atoms with Gasteiger partial charge in [-0.1, -0.05) is 6.08 Å². The van der Waals surface area contributed by atoms with Gasteiger partial charge in [-0.3, -0.25) is 4.79 Å². The molecule has 0 aliphatic heterocycles. The van der Waals surface area contributed by atoms with Gasteiger partial charge in [-0.2, -0.15) is 0 Å². The first-order chi connectivity index (χ1) is 6.72. The zero-order valence-corrected chi connectivity index (χ0v) is 8.47. The van der Waals surface area contributed by atoms with Crippen LogP contribution in [0.5, 0.6) is 0 Å². The maximum Gasteiger partial charge on any atom is 0.193 e. The van der Waals surface area contributed by atoms with Gasteiger partial charge in [-0.05, 0) is 13.0 Å². The Morgan fingerprint density at radius 1 is 1.50 bits per heavy atom. The standard InChI is InChI=1S/C10H9NO2S/c1-6-11-9(5-14-6)8-3-2-7(4-12)10(8)13/h2-3,5,12H,4H2,1H3. The van der Waals surface area contributed by atoms with E-state index in [1.165, 1.54) is 11.3 Å². The molecule has 0 spiro atoms. The molecule has 0 amide bonds. The summed E-state index contributed by atoms with van der Waals surface area (Å²) in [6, 6.07) is 0. The molecular formula is C10H9NO2S. The molecule has 3 nitrogen and oxygen atoms in total. The summed E-state index contributed by atoms with van der Waals surface area (Å²) in [7, 11) is 0. The molecule has 0 atom stereocenters. The van der Waals surface area contributed by atoms with Gasteiger partial charge in [-0.25, -0.2) is 4.98 Å². The number of hydrogen-bond acceptors (Lipinski definition) is 4. The number of aliphatic hydroxyl groups is 1. The normalized spacial score (nSPS) is 15.7. The Kier molecular flexibility index (Phi) is 2.31. The molecule has 0 unspecified atom stereocenters. The van der Waals surface area contributed by atoms with Crippen molar-refractivity contribution in [3.05, 3.63) is 33.8 Å². The van der Waals surface area contributed by atoms with E-state index in [0.29, 0.717) is 16.8 Å². The molecule has 1 heterocycles. The summed E-state index contributed by atoms with van der Waals surface area (Å²) >= 11 is 1.51. The minimum absolute atomic E-state index is 0.113. The van der Waals surface area contributed by atoms with Gasteiger partial charge in [0, 0.05) is 16.5 Å². The quantitative estimate of drug-likeness (QED) is 0.796. The van der Waals surface area contributed by atoms with E-state index in [-0.39, 0.29) is 12.4 Å². The van der Waals surface area contributed by atoms with E-state index < -0.39 is 0 Å². The van der Waals surface area contributed by atoms with Gasteiger partial charge in [-0.15, -0.1) is 11.3 Å². The first-order valence-electron chi connectivity index (χ1n) is 4.21. The average Bonchev–Trinajstić information content (AvgIpc) is 2.72. The van der Waals surface area contributed by atoms with Gasteiger partial charge in [0.05, 0.1) is 17.3 Å². The Morgan fingerprint density at radius 3 is 2.79 bits per heavy atom. The molecule has 1 aromatic heterocycles. The van der Waals surface area contributed by atoms with Crippen LogP contribution in [0.2, 0.25) is 0 Å². The lowest BCUT2D eigenvalue weighted by molar-refractivity contribution is -0.110. The molecule has 0 fully saturated rings. The van der Waals surface area contributed by atoms with E-state index in [2.05, 4.69) is 4.98 Å². The number of aromatic nitrogens is 1. The topological polar surface area (TPSA) is 50.2 Å². The van der Waals surface area contributed by atoms with Gasteiger partial charge in [0.25, 0.3) is 0 Å². The summed E-state index contributed by atoms with van der Waals surface area (Å²) in [4.78, 5) is 15.8. The molecule has 72 valence electrons. The van der Waals surface area contributed by atoms with E-state index in [1.807, 2.05) is 12.3 Å². The van der Waals surface area contributed by atoms with Crippen LogP contribution in [0.25, 0.3) is 5.57 Å². The van der Waals surface area contributed by atoms with Gasteiger partial charge >= 0.3 is 0 Å². The van der Waals surface area contributed by atoms with Crippen molar-refractivity contribution >= 4 is 22.7 Å². The highest BCUT2D eigenvalue weighted by atomic mass is 32.1. The molecule has 0 saturated heterocycles. The van der Waals surface area contributed by atoms with Crippen molar-refractivity contribution in [2.45, 2.75) is 6.92 Å². The zero-order valence-electron chi connectivity index (χ0n) is 7.65. The minimum atomic E-state index is -0.206. The molecule has 0 saturated carbocycles. The fraction of sp³-hybridized carbons (Fsp3) is 0.200. The maximum atomic E-state index is 11.6. The SMILES string of the molecule is Cc1nc(C2=CC=C(CO)C2=O)cs1. The lowest BCUT2D eigenvalue weighted by Crippen LogP contribution is -2.04. The van der Waals surface area contributed by atoms with Crippen LogP contribution in [-0.2, 0) is 4.79 Å². The van der Waals surface area contributed by atoms with Crippen LogP contribution in [0.1, 0.15) is 10.7 Å². The second-order valence-corrected chi connectivity index (χ2v) is 4.07. The number of carbonyl (C=O) groups excluding carboxylic acids is 1. The van der Waals surface area contributed by atoms with Crippen molar-refractivity contribution in [2.75, 3.05) is 6.61 Å². The number of thiazole rings is 1. The summed E-state index contributed by atoms with van der Waals surface area (Å²) < 4.78 is 0. The van der Waals surface area contributed by atoms with Crippen molar-refractivity contribution in [1.29, 1.82) is 0 Å². The minimum Gasteiger partial charge on any atom is -0.392 e. The molecule has 0 bridgehead atoms. The van der Waals surface area contributed by atoms with Crippen LogP contribution in [-0.4, -0.2) is 22.5 Å². The number of Topliss-reactive ketones (excluding diaryl/α,β-unsaturated/α-hetero) is 1. The molecule has 0 aromatic carbocycles. The number of carbonyl (C=O) groups is 1. The van der Waals surface area contributed by atoms with E-state index >= 15 is 0 Å². The van der Waals surface area contributed by atoms with Crippen LogP contribution < -0.4 is 0 Å². The Balaban J connectivity index is 2.29. The zero-order chi connectivity index (χ0) is 10.1. The summed E-state index contributed by atoms with van der Waals surface area (Å²) in [5.74, 6) is -0.113. The lowest BCUT2D eigenvalue weighted by Gasteiger charge is -1.97. The third-order valence-corrected chi connectivity index (χ3v) is 2.83. The van der Waals surface area contributed by atoms with Gasteiger partial charge in [0.15, 0.2) is 5.78 Å². The molecule has 4 heteroatoms. The predicted molar refractivity (Wildman–Crippen MR) is 55.0 cm³/mol. The summed E-state index contributed by atoms with van der Waals surface area (Å²) in [5, 5.41) is 11.7. The maximum absolute atomic E-state index is 11.6. The number of aryl methyl sites for hydroxylation is 1. The number of hydrogen-bond donors (Lipinski definition) is 1. The Bertz CT molecular complexity index is 443.